The first-order valence-corrected chi connectivity index (χ1v) is 6.82. The molecule has 21 heavy (non-hydrogen) atoms. The number of esters is 1. The number of aliphatic hydroxyl groups is 1. The molecule has 8 nitrogen and oxygen atoms in total. The minimum Gasteiger partial charge on any atom is -0.480 e. The van der Waals surface area contributed by atoms with E-state index in [-0.39, 0.29) is 12.8 Å². The number of ether oxygens (including phenoxy) is 1. The van der Waals surface area contributed by atoms with Crippen LogP contribution in [0.25, 0.3) is 0 Å². The Kier molecular flexibility index (Phi) is 5.95. The Bertz CT molecular complexity index is 399. The van der Waals surface area contributed by atoms with Crippen molar-refractivity contribution >= 4 is 18.0 Å². The average Bonchev–Trinajstić information content (AvgIpc) is 2.42. The van der Waals surface area contributed by atoms with Crippen LogP contribution < -0.4 is 5.32 Å². The number of carbonyl (C=O) groups excluding carboxylic acids is 2. The molecule has 3 N–H and O–H groups in total. The van der Waals surface area contributed by atoms with E-state index in [1.54, 1.807) is 6.92 Å². The first-order chi connectivity index (χ1) is 9.75. The van der Waals surface area contributed by atoms with Gasteiger partial charge in [-0.15, -0.1) is 0 Å². The maximum Gasteiger partial charge on any atom is 0.326 e. The number of amides is 2. The summed E-state index contributed by atoms with van der Waals surface area (Å²) in [5.74, 6) is -1.72. The van der Waals surface area contributed by atoms with E-state index >= 15 is 0 Å². The fourth-order valence-electron chi connectivity index (χ4n) is 2.05. The number of likely N-dealkylation sites (tertiary alicyclic amines) is 1. The number of urea groups is 1. The highest BCUT2D eigenvalue weighted by atomic mass is 16.5. The summed E-state index contributed by atoms with van der Waals surface area (Å²) in [5, 5.41) is 21.3. The maximum absolute atomic E-state index is 12.0. The summed E-state index contributed by atoms with van der Waals surface area (Å²) in [5.41, 5.74) is -0.784. The summed E-state index contributed by atoms with van der Waals surface area (Å²) in [6, 6.07) is -1.64. The second-order valence-electron chi connectivity index (χ2n) is 5.44. The maximum atomic E-state index is 12.0. The van der Waals surface area contributed by atoms with Crippen molar-refractivity contribution in [3.05, 3.63) is 0 Å². The number of carbonyl (C=O) groups is 3. The number of piperidine rings is 1. The first-order valence-electron chi connectivity index (χ1n) is 6.82. The molecule has 2 amide bonds. The number of carboxylic acid groups (broad SMARTS) is 1. The lowest BCUT2D eigenvalue weighted by atomic mass is 9.94. The van der Waals surface area contributed by atoms with Gasteiger partial charge in [0, 0.05) is 19.5 Å². The average molecular weight is 302 g/mol. The fraction of sp³-hybridized carbons (Fsp3) is 0.769. The quantitative estimate of drug-likeness (QED) is 0.613. The number of rotatable bonds is 5. The molecule has 0 aromatic carbocycles. The molecule has 1 fully saturated rings. The number of hydrogen-bond donors (Lipinski definition) is 3. The SMILES string of the molecule is COC(=O)CC[C@H](NC(=O)N1CCC(C)(O)CC1)C(=O)O. The van der Waals surface area contributed by atoms with Gasteiger partial charge in [-0.2, -0.15) is 0 Å². The number of methoxy groups -OCH3 is 1. The summed E-state index contributed by atoms with van der Waals surface area (Å²) >= 11 is 0. The van der Waals surface area contributed by atoms with Gasteiger partial charge in [-0.1, -0.05) is 0 Å². The molecule has 8 heteroatoms. The molecule has 0 spiro atoms. The molecular formula is C13H22N2O6. The van der Waals surface area contributed by atoms with Crippen LogP contribution in [0.2, 0.25) is 0 Å². The minimum absolute atomic E-state index is 0.0285. The third-order valence-corrected chi connectivity index (χ3v) is 3.59. The van der Waals surface area contributed by atoms with Crippen molar-refractivity contribution < 1.29 is 29.3 Å². The predicted molar refractivity (Wildman–Crippen MR) is 72.6 cm³/mol. The molecular weight excluding hydrogens is 280 g/mol. The Labute approximate surface area is 123 Å². The van der Waals surface area contributed by atoms with Crippen LogP contribution in [0.3, 0.4) is 0 Å². The van der Waals surface area contributed by atoms with Crippen LogP contribution in [0.15, 0.2) is 0 Å². The van der Waals surface area contributed by atoms with Gasteiger partial charge in [0.05, 0.1) is 12.7 Å². The molecule has 0 bridgehead atoms. The molecule has 0 aliphatic carbocycles. The highest BCUT2D eigenvalue weighted by Crippen LogP contribution is 2.21. The largest absolute Gasteiger partial charge is 0.480 e. The lowest BCUT2D eigenvalue weighted by Crippen LogP contribution is -2.52. The molecule has 1 atom stereocenters. The van der Waals surface area contributed by atoms with Crippen LogP contribution in [0.5, 0.6) is 0 Å². The zero-order chi connectivity index (χ0) is 16.0. The molecule has 1 rings (SSSR count). The number of hydrogen-bond acceptors (Lipinski definition) is 5. The van der Waals surface area contributed by atoms with E-state index in [2.05, 4.69) is 10.1 Å². The summed E-state index contributed by atoms with van der Waals surface area (Å²) in [4.78, 5) is 35.6. The Morgan fingerprint density at radius 1 is 1.33 bits per heavy atom. The lowest BCUT2D eigenvalue weighted by Gasteiger charge is -2.36. The Morgan fingerprint density at radius 2 is 1.90 bits per heavy atom. The van der Waals surface area contributed by atoms with Crippen LogP contribution in [0, 0.1) is 0 Å². The third-order valence-electron chi connectivity index (χ3n) is 3.59. The zero-order valence-electron chi connectivity index (χ0n) is 12.3. The second kappa shape index (κ2) is 7.26. The number of nitrogens with zero attached hydrogens (tertiary/aromatic N) is 1. The molecule has 1 saturated heterocycles. The summed E-state index contributed by atoms with van der Waals surface area (Å²) in [6.45, 7) is 2.43. The van der Waals surface area contributed by atoms with Gasteiger partial charge in [-0.05, 0) is 26.2 Å². The first kappa shape index (κ1) is 17.2. The van der Waals surface area contributed by atoms with E-state index in [0.717, 1.165) is 0 Å². The zero-order valence-corrected chi connectivity index (χ0v) is 12.3. The molecule has 120 valence electrons. The van der Waals surface area contributed by atoms with Gasteiger partial charge in [0.1, 0.15) is 6.04 Å². The molecule has 0 unspecified atom stereocenters. The highest BCUT2D eigenvalue weighted by molar-refractivity contribution is 5.83. The van der Waals surface area contributed by atoms with Crippen molar-refractivity contribution in [2.24, 2.45) is 0 Å². The van der Waals surface area contributed by atoms with Crippen molar-refractivity contribution in [3.8, 4) is 0 Å². The smallest absolute Gasteiger partial charge is 0.326 e. The number of nitrogens with one attached hydrogen (secondary N) is 1. The van der Waals surface area contributed by atoms with E-state index < -0.39 is 29.6 Å². The van der Waals surface area contributed by atoms with E-state index in [9.17, 15) is 19.5 Å². The van der Waals surface area contributed by atoms with Gasteiger partial charge in [0.15, 0.2) is 0 Å². The van der Waals surface area contributed by atoms with Crippen LogP contribution in [-0.4, -0.2) is 64.9 Å². The Balaban J connectivity index is 2.49. The van der Waals surface area contributed by atoms with Gasteiger partial charge in [0.25, 0.3) is 0 Å². The molecule has 1 heterocycles. The van der Waals surface area contributed by atoms with Crippen molar-refractivity contribution in [2.45, 2.75) is 44.2 Å². The standard InChI is InChI=1S/C13H22N2O6/c1-13(20)5-7-15(8-6-13)12(19)14-9(11(17)18)3-4-10(16)21-2/h9,20H,3-8H2,1-2H3,(H,14,19)(H,17,18)/t9-/m0/s1. The molecule has 1 aliphatic heterocycles. The Morgan fingerprint density at radius 3 is 2.38 bits per heavy atom. The van der Waals surface area contributed by atoms with Crippen LogP contribution in [-0.2, 0) is 14.3 Å². The third kappa shape index (κ3) is 5.58. The molecule has 0 aromatic rings. The van der Waals surface area contributed by atoms with Gasteiger partial charge < -0.3 is 25.2 Å². The van der Waals surface area contributed by atoms with E-state index in [1.165, 1.54) is 12.0 Å². The van der Waals surface area contributed by atoms with E-state index in [0.29, 0.717) is 25.9 Å². The van der Waals surface area contributed by atoms with E-state index in [1.807, 2.05) is 0 Å². The van der Waals surface area contributed by atoms with Crippen molar-refractivity contribution in [1.29, 1.82) is 0 Å². The topological polar surface area (TPSA) is 116 Å². The Hall–Kier alpha value is -1.83. The van der Waals surface area contributed by atoms with Gasteiger partial charge in [-0.25, -0.2) is 9.59 Å². The van der Waals surface area contributed by atoms with Crippen LogP contribution in [0.4, 0.5) is 4.79 Å². The van der Waals surface area contributed by atoms with Gasteiger partial charge in [-0.3, -0.25) is 4.79 Å². The summed E-state index contributed by atoms with van der Waals surface area (Å²) < 4.78 is 4.44. The summed E-state index contributed by atoms with van der Waals surface area (Å²) in [7, 11) is 1.22. The highest BCUT2D eigenvalue weighted by Gasteiger charge is 2.31. The predicted octanol–water partition coefficient (Wildman–Crippen LogP) is -0.0508. The summed E-state index contributed by atoms with van der Waals surface area (Å²) in [6.07, 6.45) is 0.780. The molecule has 1 aliphatic rings. The van der Waals surface area contributed by atoms with Gasteiger partial charge >= 0.3 is 18.0 Å². The van der Waals surface area contributed by atoms with Crippen molar-refractivity contribution in [2.75, 3.05) is 20.2 Å². The van der Waals surface area contributed by atoms with E-state index in [4.69, 9.17) is 5.11 Å². The second-order valence-corrected chi connectivity index (χ2v) is 5.44. The van der Waals surface area contributed by atoms with Crippen molar-refractivity contribution in [1.82, 2.24) is 10.2 Å². The lowest BCUT2D eigenvalue weighted by molar-refractivity contribution is -0.142. The molecule has 0 saturated carbocycles. The van der Waals surface area contributed by atoms with Gasteiger partial charge in [0.2, 0.25) is 0 Å². The molecule has 0 radical (unpaired) electrons. The van der Waals surface area contributed by atoms with Crippen LogP contribution in [0.1, 0.15) is 32.6 Å². The normalized spacial score (nSPS) is 18.7. The fourth-order valence-corrected chi connectivity index (χ4v) is 2.05. The number of aliphatic carboxylic acids is 1. The number of carboxylic acids is 1. The monoisotopic (exact) mass is 302 g/mol. The minimum atomic E-state index is -1.20. The van der Waals surface area contributed by atoms with Crippen LogP contribution >= 0.6 is 0 Å². The van der Waals surface area contributed by atoms with Crippen molar-refractivity contribution in [3.63, 3.8) is 0 Å². The molecule has 0 aromatic heterocycles.